The molecule has 0 amide bonds. The van der Waals surface area contributed by atoms with E-state index in [1.165, 1.54) is 0 Å². The maximum atomic E-state index is 6.17. The van der Waals surface area contributed by atoms with Crippen molar-refractivity contribution in [3.05, 3.63) is 27.5 Å². The van der Waals surface area contributed by atoms with Crippen molar-refractivity contribution < 1.29 is 4.74 Å². The number of ether oxygens (including phenoxy) is 1. The molecule has 3 nitrogen and oxygen atoms in total. The van der Waals surface area contributed by atoms with Crippen molar-refractivity contribution in [2.24, 2.45) is 0 Å². The number of aryl methyl sites for hydroxylation is 1. The summed E-state index contributed by atoms with van der Waals surface area (Å²) >= 11 is 11.5. The Labute approximate surface area is 117 Å². The first-order chi connectivity index (χ1) is 8.54. The average Bonchev–Trinajstić information content (AvgIpc) is 2.62. The predicted octanol–water partition coefficient (Wildman–Crippen LogP) is 4.09. The van der Waals surface area contributed by atoms with Gasteiger partial charge in [-0.1, -0.05) is 11.6 Å². The van der Waals surface area contributed by atoms with Gasteiger partial charge < -0.3 is 14.3 Å². The number of nitrogens with zero attached hydrogens (tertiary/aromatic N) is 1. The number of fused-ring (bicyclic) bond motifs is 1. The third-order valence-corrected chi connectivity index (χ3v) is 3.74. The van der Waals surface area contributed by atoms with Crippen LogP contribution in [0.4, 0.5) is 0 Å². The van der Waals surface area contributed by atoms with Crippen LogP contribution in [0.25, 0.3) is 11.0 Å². The van der Waals surface area contributed by atoms with Crippen LogP contribution in [0.1, 0.15) is 19.4 Å². The van der Waals surface area contributed by atoms with Gasteiger partial charge in [-0.3, -0.25) is 0 Å². The van der Waals surface area contributed by atoms with Crippen molar-refractivity contribution in [3.63, 3.8) is 0 Å². The van der Waals surface area contributed by atoms with Crippen LogP contribution in [0.5, 0.6) is 0 Å². The number of nitrogens with one attached hydrogen (secondary N) is 1. The van der Waals surface area contributed by atoms with Crippen molar-refractivity contribution in [2.45, 2.75) is 33.4 Å². The van der Waals surface area contributed by atoms with Gasteiger partial charge in [-0.25, -0.2) is 0 Å². The highest BCUT2D eigenvalue weighted by Crippen LogP contribution is 2.25. The Morgan fingerprint density at radius 2 is 2.22 bits per heavy atom. The van der Waals surface area contributed by atoms with E-state index in [1.807, 2.05) is 32.9 Å². The molecule has 98 valence electrons. The Balaban J connectivity index is 2.52. The second-order valence-electron chi connectivity index (χ2n) is 4.38. The van der Waals surface area contributed by atoms with Crippen LogP contribution in [0.3, 0.4) is 0 Å². The van der Waals surface area contributed by atoms with Gasteiger partial charge in [0, 0.05) is 11.6 Å². The van der Waals surface area contributed by atoms with Gasteiger partial charge in [-0.15, -0.1) is 0 Å². The normalized spacial score (nSPS) is 13.1. The average molecular weight is 285 g/mol. The Kier molecular flexibility index (Phi) is 4.10. The van der Waals surface area contributed by atoms with E-state index in [1.54, 1.807) is 0 Å². The molecule has 0 aliphatic heterocycles. The molecule has 0 spiro atoms. The maximum Gasteiger partial charge on any atom is 0.178 e. The minimum Gasteiger partial charge on any atom is -0.377 e. The highest BCUT2D eigenvalue weighted by atomic mass is 35.5. The lowest BCUT2D eigenvalue weighted by Gasteiger charge is -2.14. The van der Waals surface area contributed by atoms with Gasteiger partial charge >= 0.3 is 0 Å². The first kappa shape index (κ1) is 13.6. The highest BCUT2D eigenvalue weighted by Gasteiger charge is 2.12. The summed E-state index contributed by atoms with van der Waals surface area (Å²) in [6, 6.07) is 3.85. The molecule has 5 heteroatoms. The van der Waals surface area contributed by atoms with Crippen molar-refractivity contribution >= 4 is 34.9 Å². The van der Waals surface area contributed by atoms with Gasteiger partial charge in [-0.2, -0.15) is 0 Å². The van der Waals surface area contributed by atoms with Gasteiger partial charge in [0.2, 0.25) is 0 Å². The maximum absolute atomic E-state index is 6.17. The van der Waals surface area contributed by atoms with Gasteiger partial charge in [0.25, 0.3) is 0 Å². The van der Waals surface area contributed by atoms with Crippen LogP contribution < -0.4 is 0 Å². The van der Waals surface area contributed by atoms with Crippen molar-refractivity contribution in [2.75, 3.05) is 6.61 Å². The number of imidazole rings is 1. The van der Waals surface area contributed by atoms with E-state index in [4.69, 9.17) is 28.6 Å². The number of H-pyrrole nitrogens is 1. The minimum absolute atomic E-state index is 0.124. The lowest BCUT2D eigenvalue weighted by molar-refractivity contribution is 0.0645. The number of hydrogen-bond donors (Lipinski definition) is 1. The molecule has 18 heavy (non-hydrogen) atoms. The zero-order valence-corrected chi connectivity index (χ0v) is 12.4. The number of aromatic nitrogens is 2. The Hall–Kier alpha value is -0.840. The van der Waals surface area contributed by atoms with Crippen molar-refractivity contribution in [1.82, 2.24) is 9.55 Å². The fourth-order valence-corrected chi connectivity index (χ4v) is 2.61. The molecule has 1 N–H and O–H groups in total. The van der Waals surface area contributed by atoms with Crippen LogP contribution >= 0.6 is 23.8 Å². The summed E-state index contributed by atoms with van der Waals surface area (Å²) in [5, 5.41) is 0.759. The molecule has 1 unspecified atom stereocenters. The summed E-state index contributed by atoms with van der Waals surface area (Å²) in [6.45, 7) is 7.48. The zero-order chi connectivity index (χ0) is 13.3. The molecule has 0 radical (unpaired) electrons. The summed E-state index contributed by atoms with van der Waals surface area (Å²) in [6.07, 6.45) is 0.124. The molecule has 0 bridgehead atoms. The number of benzene rings is 1. The van der Waals surface area contributed by atoms with Crippen LogP contribution in [-0.4, -0.2) is 22.3 Å². The molecule has 1 aromatic carbocycles. The van der Waals surface area contributed by atoms with Crippen molar-refractivity contribution in [3.8, 4) is 0 Å². The molecule has 0 saturated heterocycles. The van der Waals surface area contributed by atoms with E-state index in [2.05, 4.69) is 9.55 Å². The number of rotatable bonds is 4. The summed E-state index contributed by atoms with van der Waals surface area (Å²) in [7, 11) is 0. The molecular weight excluding hydrogens is 268 g/mol. The van der Waals surface area contributed by atoms with Crippen LogP contribution in [-0.2, 0) is 11.3 Å². The van der Waals surface area contributed by atoms with Gasteiger partial charge in [0.05, 0.1) is 23.7 Å². The molecule has 2 rings (SSSR count). The summed E-state index contributed by atoms with van der Waals surface area (Å²) < 4.78 is 8.35. The summed E-state index contributed by atoms with van der Waals surface area (Å²) in [5.41, 5.74) is 3.13. The van der Waals surface area contributed by atoms with E-state index >= 15 is 0 Å². The van der Waals surface area contributed by atoms with Gasteiger partial charge in [0.15, 0.2) is 4.77 Å². The molecule has 2 aromatic rings. The lowest BCUT2D eigenvalue weighted by atomic mass is 10.2. The summed E-state index contributed by atoms with van der Waals surface area (Å²) in [5.74, 6) is 0. The lowest BCUT2D eigenvalue weighted by Crippen LogP contribution is -2.16. The van der Waals surface area contributed by atoms with E-state index in [-0.39, 0.29) is 6.10 Å². The molecular formula is C13H17ClN2OS. The smallest absolute Gasteiger partial charge is 0.178 e. The molecule has 1 aromatic heterocycles. The molecule has 0 aliphatic carbocycles. The standard InChI is InChI=1S/C13H17ClN2OS/c1-4-17-8(2)7-16-12-9(3)10(14)5-6-11(12)15-13(16)18/h5-6,8H,4,7H2,1-3H3,(H,15,18). The highest BCUT2D eigenvalue weighted by molar-refractivity contribution is 7.71. The second kappa shape index (κ2) is 5.43. The van der Waals surface area contributed by atoms with E-state index in [0.717, 1.165) is 28.2 Å². The molecule has 0 fully saturated rings. The molecule has 1 atom stereocenters. The molecule has 0 saturated carbocycles. The topological polar surface area (TPSA) is 29.9 Å². The third kappa shape index (κ3) is 2.46. The quantitative estimate of drug-likeness (QED) is 0.857. The Morgan fingerprint density at radius 1 is 1.50 bits per heavy atom. The van der Waals surface area contributed by atoms with Crippen LogP contribution in [0.2, 0.25) is 5.02 Å². The Bertz CT molecular complexity index is 617. The number of aromatic amines is 1. The fourth-order valence-electron chi connectivity index (χ4n) is 2.18. The third-order valence-electron chi connectivity index (χ3n) is 3.01. The number of hydrogen-bond acceptors (Lipinski definition) is 2. The van der Waals surface area contributed by atoms with Gasteiger partial charge in [-0.05, 0) is 50.7 Å². The summed E-state index contributed by atoms with van der Waals surface area (Å²) in [4.78, 5) is 3.21. The van der Waals surface area contributed by atoms with Gasteiger partial charge in [0.1, 0.15) is 0 Å². The first-order valence-electron chi connectivity index (χ1n) is 6.03. The largest absolute Gasteiger partial charge is 0.377 e. The second-order valence-corrected chi connectivity index (χ2v) is 5.17. The number of halogens is 1. The SMILES string of the molecule is CCOC(C)Cn1c(=S)[nH]c2ccc(Cl)c(C)c21. The van der Waals surface area contributed by atoms with E-state index in [0.29, 0.717) is 11.4 Å². The van der Waals surface area contributed by atoms with Crippen molar-refractivity contribution in [1.29, 1.82) is 0 Å². The van der Waals surface area contributed by atoms with Crippen LogP contribution in [0, 0.1) is 11.7 Å². The molecule has 1 heterocycles. The monoisotopic (exact) mass is 284 g/mol. The van der Waals surface area contributed by atoms with Crippen LogP contribution in [0.15, 0.2) is 12.1 Å². The zero-order valence-electron chi connectivity index (χ0n) is 10.8. The minimum atomic E-state index is 0.124. The first-order valence-corrected chi connectivity index (χ1v) is 6.82. The Morgan fingerprint density at radius 3 is 2.89 bits per heavy atom. The molecule has 0 aliphatic rings. The van der Waals surface area contributed by atoms with E-state index in [9.17, 15) is 0 Å². The van der Waals surface area contributed by atoms with E-state index < -0.39 is 0 Å². The predicted molar refractivity (Wildman–Crippen MR) is 78.0 cm³/mol. The fraction of sp³-hybridized carbons (Fsp3) is 0.462.